The van der Waals surface area contributed by atoms with Crippen molar-refractivity contribution in [2.24, 2.45) is 0 Å². The molecule has 0 aliphatic rings. The first kappa shape index (κ1) is 17.5. The monoisotopic (exact) mass is 344 g/mol. The molecule has 0 amide bonds. The maximum atomic E-state index is 11.8. The lowest BCUT2D eigenvalue weighted by Crippen LogP contribution is -2.03. The maximum absolute atomic E-state index is 11.8. The van der Waals surface area contributed by atoms with Crippen LogP contribution >= 0.6 is 0 Å². The Morgan fingerprint density at radius 2 is 1.58 bits per heavy atom. The Labute approximate surface area is 153 Å². The summed E-state index contributed by atoms with van der Waals surface area (Å²) in [5.74, 6) is 0.350. The molecule has 0 heterocycles. The summed E-state index contributed by atoms with van der Waals surface area (Å²) in [5.41, 5.74) is 3.48. The minimum atomic E-state index is -0.367. The van der Waals surface area contributed by atoms with E-state index in [1.807, 2.05) is 72.8 Å². The molecule has 130 valence electrons. The van der Waals surface area contributed by atoms with Crippen LogP contribution in [0.15, 0.2) is 78.9 Å². The molecule has 0 spiro atoms. The second kappa shape index (κ2) is 8.67. The van der Waals surface area contributed by atoms with E-state index in [1.165, 1.54) is 7.11 Å². The molecule has 3 nitrogen and oxygen atoms in total. The quantitative estimate of drug-likeness (QED) is 0.454. The summed E-state index contributed by atoms with van der Waals surface area (Å²) in [7, 11) is 1.38. The molecular weight excluding hydrogens is 324 g/mol. The lowest BCUT2D eigenvalue weighted by molar-refractivity contribution is 0.0600. The smallest absolute Gasteiger partial charge is 0.337 e. The van der Waals surface area contributed by atoms with Gasteiger partial charge in [-0.15, -0.1) is 0 Å². The van der Waals surface area contributed by atoms with Crippen LogP contribution in [0.2, 0.25) is 0 Å². The van der Waals surface area contributed by atoms with Gasteiger partial charge in [-0.05, 0) is 29.3 Å². The lowest BCUT2D eigenvalue weighted by atomic mass is 10.1. The zero-order chi connectivity index (χ0) is 18.2. The Bertz CT molecular complexity index is 884. The molecule has 0 radical (unpaired) electrons. The minimum Gasteiger partial charge on any atom is -0.488 e. The van der Waals surface area contributed by atoms with Crippen molar-refractivity contribution < 1.29 is 14.3 Å². The predicted molar refractivity (Wildman–Crippen MR) is 104 cm³/mol. The summed E-state index contributed by atoms with van der Waals surface area (Å²) in [6.45, 7) is 0.463. The Morgan fingerprint density at radius 1 is 0.885 bits per heavy atom. The zero-order valence-electron chi connectivity index (χ0n) is 14.6. The number of ether oxygens (including phenoxy) is 2. The summed E-state index contributed by atoms with van der Waals surface area (Å²) in [4.78, 5) is 11.8. The molecular formula is C23H20O3. The second-order valence-electron chi connectivity index (χ2n) is 5.76. The SMILES string of the molecule is COC(=O)c1ccc(OCc2ccccc2)c(C=Cc2ccccc2)c1. The van der Waals surface area contributed by atoms with Gasteiger partial charge in [0, 0.05) is 5.56 Å². The largest absolute Gasteiger partial charge is 0.488 e. The topological polar surface area (TPSA) is 35.5 Å². The van der Waals surface area contributed by atoms with Gasteiger partial charge in [-0.1, -0.05) is 72.8 Å². The van der Waals surface area contributed by atoms with Crippen molar-refractivity contribution in [2.45, 2.75) is 6.61 Å². The average molecular weight is 344 g/mol. The first-order chi connectivity index (χ1) is 12.8. The fraction of sp³-hybridized carbons (Fsp3) is 0.0870. The van der Waals surface area contributed by atoms with Crippen molar-refractivity contribution in [3.05, 3.63) is 101 Å². The first-order valence-corrected chi connectivity index (χ1v) is 8.38. The molecule has 0 aliphatic carbocycles. The molecule has 0 unspecified atom stereocenters. The Kier molecular flexibility index (Phi) is 5.84. The molecule has 0 saturated heterocycles. The number of hydrogen-bond acceptors (Lipinski definition) is 3. The van der Waals surface area contributed by atoms with Crippen LogP contribution in [-0.2, 0) is 11.3 Å². The molecule has 0 aliphatic heterocycles. The predicted octanol–water partition coefficient (Wildman–Crippen LogP) is 5.22. The number of carbonyl (C=O) groups excluding carboxylic acids is 1. The molecule has 0 saturated carbocycles. The van der Waals surface area contributed by atoms with E-state index in [4.69, 9.17) is 9.47 Å². The van der Waals surface area contributed by atoms with Gasteiger partial charge in [0.2, 0.25) is 0 Å². The molecule has 26 heavy (non-hydrogen) atoms. The highest BCUT2D eigenvalue weighted by molar-refractivity contribution is 5.91. The summed E-state index contributed by atoms with van der Waals surface area (Å²) >= 11 is 0. The van der Waals surface area contributed by atoms with Gasteiger partial charge in [0.05, 0.1) is 12.7 Å². The van der Waals surface area contributed by atoms with Crippen molar-refractivity contribution >= 4 is 18.1 Å². The highest BCUT2D eigenvalue weighted by Gasteiger charge is 2.09. The van der Waals surface area contributed by atoms with Crippen LogP contribution < -0.4 is 4.74 Å². The molecule has 3 aromatic carbocycles. The molecule has 0 atom stereocenters. The second-order valence-corrected chi connectivity index (χ2v) is 5.76. The van der Waals surface area contributed by atoms with Crippen molar-refractivity contribution in [3.63, 3.8) is 0 Å². The van der Waals surface area contributed by atoms with E-state index in [1.54, 1.807) is 18.2 Å². The average Bonchev–Trinajstić information content (AvgIpc) is 2.72. The summed E-state index contributed by atoms with van der Waals surface area (Å²) in [6.07, 6.45) is 3.94. The summed E-state index contributed by atoms with van der Waals surface area (Å²) in [6, 6.07) is 25.3. The van der Waals surface area contributed by atoms with E-state index in [-0.39, 0.29) is 5.97 Å². The van der Waals surface area contributed by atoms with E-state index >= 15 is 0 Å². The van der Waals surface area contributed by atoms with Gasteiger partial charge in [0.25, 0.3) is 0 Å². The minimum absolute atomic E-state index is 0.367. The Hall–Kier alpha value is -3.33. The van der Waals surface area contributed by atoms with Crippen molar-refractivity contribution in [1.82, 2.24) is 0 Å². The van der Waals surface area contributed by atoms with Gasteiger partial charge >= 0.3 is 5.97 Å². The van der Waals surface area contributed by atoms with E-state index < -0.39 is 0 Å². The van der Waals surface area contributed by atoms with Crippen molar-refractivity contribution in [3.8, 4) is 5.75 Å². The van der Waals surface area contributed by atoms with E-state index in [0.717, 1.165) is 16.7 Å². The third kappa shape index (κ3) is 4.61. The van der Waals surface area contributed by atoms with Crippen LogP contribution in [-0.4, -0.2) is 13.1 Å². The summed E-state index contributed by atoms with van der Waals surface area (Å²) < 4.78 is 10.8. The van der Waals surface area contributed by atoms with Crippen LogP contribution in [0.1, 0.15) is 27.0 Å². The van der Waals surface area contributed by atoms with Gasteiger partial charge < -0.3 is 9.47 Å². The highest BCUT2D eigenvalue weighted by Crippen LogP contribution is 2.24. The fourth-order valence-electron chi connectivity index (χ4n) is 2.54. The molecule has 0 N–H and O–H groups in total. The fourth-order valence-corrected chi connectivity index (χ4v) is 2.54. The molecule has 0 aromatic heterocycles. The normalized spacial score (nSPS) is 10.7. The van der Waals surface area contributed by atoms with Crippen LogP contribution in [0.5, 0.6) is 5.75 Å². The van der Waals surface area contributed by atoms with E-state index in [0.29, 0.717) is 17.9 Å². The third-order valence-electron chi connectivity index (χ3n) is 3.92. The molecule has 0 fully saturated rings. The van der Waals surface area contributed by atoms with Gasteiger partial charge in [0.15, 0.2) is 0 Å². The number of rotatable bonds is 6. The number of esters is 1. The van der Waals surface area contributed by atoms with Gasteiger partial charge in [-0.3, -0.25) is 0 Å². The number of methoxy groups -OCH3 is 1. The van der Waals surface area contributed by atoms with Crippen molar-refractivity contribution in [2.75, 3.05) is 7.11 Å². The standard InChI is InChI=1S/C23H20O3/c1-25-23(24)21-14-15-22(26-17-19-10-6-3-7-11-19)20(16-21)13-12-18-8-4-2-5-9-18/h2-16H,17H2,1H3. The number of hydrogen-bond donors (Lipinski definition) is 0. The van der Waals surface area contributed by atoms with Crippen LogP contribution in [0.25, 0.3) is 12.2 Å². The van der Waals surface area contributed by atoms with Crippen LogP contribution in [0.3, 0.4) is 0 Å². The molecule has 3 aromatic rings. The first-order valence-electron chi connectivity index (χ1n) is 8.38. The molecule has 0 bridgehead atoms. The molecule has 3 rings (SSSR count). The number of benzene rings is 3. The van der Waals surface area contributed by atoms with E-state index in [2.05, 4.69) is 0 Å². The maximum Gasteiger partial charge on any atom is 0.337 e. The van der Waals surface area contributed by atoms with Gasteiger partial charge in [0.1, 0.15) is 12.4 Å². The van der Waals surface area contributed by atoms with Gasteiger partial charge in [-0.2, -0.15) is 0 Å². The van der Waals surface area contributed by atoms with Crippen molar-refractivity contribution in [1.29, 1.82) is 0 Å². The Morgan fingerprint density at radius 3 is 2.27 bits per heavy atom. The molecule has 3 heteroatoms. The van der Waals surface area contributed by atoms with Crippen LogP contribution in [0, 0.1) is 0 Å². The van der Waals surface area contributed by atoms with Gasteiger partial charge in [-0.25, -0.2) is 4.79 Å². The highest BCUT2D eigenvalue weighted by atomic mass is 16.5. The number of carbonyl (C=O) groups is 1. The van der Waals surface area contributed by atoms with E-state index in [9.17, 15) is 4.79 Å². The lowest BCUT2D eigenvalue weighted by Gasteiger charge is -2.11. The third-order valence-corrected chi connectivity index (χ3v) is 3.92. The summed E-state index contributed by atoms with van der Waals surface area (Å²) in [5, 5.41) is 0. The van der Waals surface area contributed by atoms with Crippen LogP contribution in [0.4, 0.5) is 0 Å². The Balaban J connectivity index is 1.87. The zero-order valence-corrected chi connectivity index (χ0v) is 14.6.